The zero-order chi connectivity index (χ0) is 34.1. The van der Waals surface area contributed by atoms with Gasteiger partial charge in [-0.1, -0.05) is 59.6 Å². The molecule has 49 heavy (non-hydrogen) atoms. The van der Waals surface area contributed by atoms with Gasteiger partial charge in [0, 0.05) is 72.7 Å². The van der Waals surface area contributed by atoms with Crippen LogP contribution in [-0.4, -0.2) is 76.5 Å². The Balaban J connectivity index is 1.10. The maximum Gasteiger partial charge on any atom is 0.237 e. The lowest BCUT2D eigenvalue weighted by atomic mass is 9.79. The second kappa shape index (κ2) is 13.9. The maximum absolute atomic E-state index is 11.7. The number of likely N-dealkylation sites (tertiary alicyclic amines) is 1. The van der Waals surface area contributed by atoms with E-state index in [1.54, 1.807) is 26.6 Å². The molecule has 0 radical (unpaired) electrons. The molecular formula is C36H37Cl2N7O4. The Hall–Kier alpha value is -4.32. The topological polar surface area (TPSA) is 131 Å². The van der Waals surface area contributed by atoms with Gasteiger partial charge in [-0.05, 0) is 25.7 Å². The molecule has 11 nitrogen and oxygen atoms in total. The highest BCUT2D eigenvalue weighted by Crippen LogP contribution is 2.43. The molecule has 3 aliphatic heterocycles. The molecule has 7 rings (SSSR count). The van der Waals surface area contributed by atoms with Crippen molar-refractivity contribution < 1.29 is 19.1 Å². The molecule has 0 saturated carbocycles. The quantitative estimate of drug-likeness (QED) is 0.208. The van der Waals surface area contributed by atoms with Crippen LogP contribution >= 0.6 is 23.2 Å². The van der Waals surface area contributed by atoms with Gasteiger partial charge in [-0.3, -0.25) is 24.5 Å². The number of amides is 2. The van der Waals surface area contributed by atoms with Crippen LogP contribution < -0.4 is 20.1 Å². The van der Waals surface area contributed by atoms with Gasteiger partial charge in [0.25, 0.3) is 0 Å². The standard InChI is InChI=1S/C36H37Cl2N7O4/c1-48-34-26(11-3-6-21-12-13-30(46)42-21)39-15-27(43-34)24-9-4-7-22(32(24)37)23-8-5-10-25(33(23)38)28-16-40-29(35(44-28)49-2)17-45-19-36(20-45)14-31(47)41-18-36/h4-5,7-10,15-16,21H,3,6,11-14,17-20H2,1-2H3,(H,41,47)(H,42,46)/t21-/m0/s1. The van der Waals surface area contributed by atoms with Crippen LogP contribution in [0.15, 0.2) is 48.8 Å². The first-order chi connectivity index (χ1) is 23.8. The molecule has 0 bridgehead atoms. The smallest absolute Gasteiger partial charge is 0.237 e. The van der Waals surface area contributed by atoms with E-state index in [1.807, 2.05) is 36.4 Å². The van der Waals surface area contributed by atoms with Crippen molar-refractivity contribution in [3.63, 3.8) is 0 Å². The van der Waals surface area contributed by atoms with Crippen molar-refractivity contribution >= 4 is 35.0 Å². The summed E-state index contributed by atoms with van der Waals surface area (Å²) in [5.74, 6) is 1.12. The second-order valence-electron chi connectivity index (χ2n) is 13.1. The summed E-state index contributed by atoms with van der Waals surface area (Å²) in [6.45, 7) is 2.97. The van der Waals surface area contributed by atoms with E-state index in [2.05, 4.69) is 20.5 Å². The van der Waals surface area contributed by atoms with E-state index in [9.17, 15) is 9.59 Å². The molecule has 3 fully saturated rings. The SMILES string of the molecule is COc1nc(-c2cccc(-c3cccc(-c4cnc(CN5CC6(CNC(=O)C6)C5)c(OC)n4)c3Cl)c2Cl)cnc1CCC[C@H]1CCC(=O)N1. The summed E-state index contributed by atoms with van der Waals surface area (Å²) in [7, 11) is 3.17. The fraction of sp³-hybridized carbons (Fsp3) is 0.389. The number of benzene rings is 2. The van der Waals surface area contributed by atoms with Crippen molar-refractivity contribution in [3.8, 4) is 45.4 Å². The van der Waals surface area contributed by atoms with Crippen molar-refractivity contribution in [2.45, 2.75) is 51.1 Å². The van der Waals surface area contributed by atoms with Gasteiger partial charge in [0.05, 0.1) is 48.0 Å². The molecule has 4 aromatic rings. The minimum Gasteiger partial charge on any atom is -0.480 e. The molecule has 0 unspecified atom stereocenters. The number of methoxy groups -OCH3 is 2. The summed E-state index contributed by atoms with van der Waals surface area (Å²) < 4.78 is 11.3. The molecule has 2 aromatic heterocycles. The average Bonchev–Trinajstić information content (AvgIpc) is 3.70. The van der Waals surface area contributed by atoms with Crippen LogP contribution in [0.25, 0.3) is 33.6 Å². The zero-order valence-corrected chi connectivity index (χ0v) is 28.9. The summed E-state index contributed by atoms with van der Waals surface area (Å²) in [5, 5.41) is 6.91. The molecule has 3 aliphatic rings. The number of ether oxygens (including phenoxy) is 2. The largest absolute Gasteiger partial charge is 0.480 e. The van der Waals surface area contributed by atoms with Gasteiger partial charge in [-0.2, -0.15) is 0 Å². The summed E-state index contributed by atoms with van der Waals surface area (Å²) in [6, 6.07) is 11.7. The molecule has 5 heterocycles. The Labute approximate surface area is 294 Å². The highest BCUT2D eigenvalue weighted by molar-refractivity contribution is 6.39. The molecule has 254 valence electrons. The zero-order valence-electron chi connectivity index (χ0n) is 27.4. The van der Waals surface area contributed by atoms with Gasteiger partial charge in [0.2, 0.25) is 23.6 Å². The number of rotatable bonds is 11. The fourth-order valence-corrected chi connectivity index (χ4v) is 7.80. The highest BCUT2D eigenvalue weighted by Gasteiger charge is 2.48. The Morgan fingerprint density at radius 1 is 0.857 bits per heavy atom. The van der Waals surface area contributed by atoms with Crippen LogP contribution in [0, 0.1) is 5.41 Å². The molecule has 1 atom stereocenters. The summed E-state index contributed by atoms with van der Waals surface area (Å²) >= 11 is 14.1. The minimum atomic E-state index is 0.0308. The average molecular weight is 703 g/mol. The molecule has 2 amide bonds. The predicted molar refractivity (Wildman–Crippen MR) is 186 cm³/mol. The van der Waals surface area contributed by atoms with Crippen molar-refractivity contribution in [1.82, 2.24) is 35.5 Å². The molecule has 2 N–H and O–H groups in total. The van der Waals surface area contributed by atoms with Crippen molar-refractivity contribution in [2.24, 2.45) is 5.41 Å². The molecule has 0 aliphatic carbocycles. The van der Waals surface area contributed by atoms with E-state index in [1.165, 1.54) is 0 Å². The van der Waals surface area contributed by atoms with Crippen LogP contribution in [0.1, 0.15) is 43.5 Å². The van der Waals surface area contributed by atoms with Gasteiger partial charge < -0.3 is 20.1 Å². The Bertz CT molecular complexity index is 1920. The third-order valence-electron chi connectivity index (χ3n) is 9.59. The monoisotopic (exact) mass is 701 g/mol. The Kier molecular flexibility index (Phi) is 9.41. The number of hydrogen-bond acceptors (Lipinski definition) is 9. The molecule has 2 aromatic carbocycles. The van der Waals surface area contributed by atoms with Crippen LogP contribution in [0.5, 0.6) is 11.8 Å². The van der Waals surface area contributed by atoms with E-state index in [0.29, 0.717) is 70.1 Å². The lowest BCUT2D eigenvalue weighted by Crippen LogP contribution is -2.56. The van der Waals surface area contributed by atoms with Crippen LogP contribution in [0.3, 0.4) is 0 Å². The summed E-state index contributed by atoms with van der Waals surface area (Å²) in [6.07, 6.45) is 7.90. The summed E-state index contributed by atoms with van der Waals surface area (Å²) in [4.78, 5) is 44.5. The number of nitrogens with zero attached hydrogens (tertiary/aromatic N) is 5. The van der Waals surface area contributed by atoms with Crippen molar-refractivity contribution in [3.05, 3.63) is 70.2 Å². The van der Waals surface area contributed by atoms with Crippen molar-refractivity contribution in [2.75, 3.05) is 33.9 Å². The van der Waals surface area contributed by atoms with Gasteiger partial charge in [-0.25, -0.2) is 9.97 Å². The molecule has 1 spiro atoms. The van der Waals surface area contributed by atoms with Crippen LogP contribution in [0.2, 0.25) is 10.0 Å². The van der Waals surface area contributed by atoms with Gasteiger partial charge in [0.15, 0.2) is 0 Å². The molecule has 13 heteroatoms. The lowest BCUT2D eigenvalue weighted by Gasteiger charge is -2.46. The van der Waals surface area contributed by atoms with Crippen LogP contribution in [0.4, 0.5) is 0 Å². The fourth-order valence-electron chi connectivity index (χ4n) is 7.15. The van der Waals surface area contributed by atoms with Crippen LogP contribution in [-0.2, 0) is 22.6 Å². The third kappa shape index (κ3) is 6.79. The van der Waals surface area contributed by atoms with E-state index in [4.69, 9.17) is 47.6 Å². The third-order valence-corrected chi connectivity index (χ3v) is 10.4. The first-order valence-electron chi connectivity index (χ1n) is 16.4. The molecule has 3 saturated heterocycles. The van der Waals surface area contributed by atoms with E-state index in [0.717, 1.165) is 61.4 Å². The Morgan fingerprint density at radius 3 is 2.00 bits per heavy atom. The number of carbonyl (C=O) groups excluding carboxylic acids is 2. The first-order valence-corrected chi connectivity index (χ1v) is 17.2. The summed E-state index contributed by atoms with van der Waals surface area (Å²) in [5.41, 5.74) is 5.54. The number of carbonyl (C=O) groups is 2. The minimum absolute atomic E-state index is 0.0308. The Morgan fingerprint density at radius 2 is 1.45 bits per heavy atom. The first kappa shape index (κ1) is 33.2. The number of halogens is 2. The van der Waals surface area contributed by atoms with Gasteiger partial charge in [0.1, 0.15) is 11.4 Å². The van der Waals surface area contributed by atoms with Crippen molar-refractivity contribution in [1.29, 1.82) is 0 Å². The highest BCUT2D eigenvalue weighted by atomic mass is 35.5. The van der Waals surface area contributed by atoms with E-state index < -0.39 is 0 Å². The maximum atomic E-state index is 11.7. The van der Waals surface area contributed by atoms with Gasteiger partial charge >= 0.3 is 0 Å². The normalized spacial score (nSPS) is 18.3. The number of aryl methyl sites for hydroxylation is 1. The molecular weight excluding hydrogens is 665 g/mol. The lowest BCUT2D eigenvalue weighted by molar-refractivity contribution is -0.121. The van der Waals surface area contributed by atoms with E-state index in [-0.39, 0.29) is 23.3 Å². The van der Waals surface area contributed by atoms with E-state index >= 15 is 0 Å². The number of nitrogens with one attached hydrogen (secondary N) is 2. The number of aromatic nitrogens is 4. The predicted octanol–water partition coefficient (Wildman–Crippen LogP) is 5.51. The number of hydrogen-bond donors (Lipinski definition) is 2. The second-order valence-corrected chi connectivity index (χ2v) is 13.8. The van der Waals surface area contributed by atoms with Gasteiger partial charge in [-0.15, -0.1) is 0 Å².